The van der Waals surface area contributed by atoms with Gasteiger partial charge in [-0.05, 0) is 12.1 Å². The Morgan fingerprint density at radius 1 is 0.808 bits per heavy atom. The summed E-state index contributed by atoms with van der Waals surface area (Å²) in [5, 5.41) is 5.99. The third kappa shape index (κ3) is 13.5. The number of nitrogens with zero attached hydrogens (tertiary/aromatic N) is 6. The van der Waals surface area contributed by atoms with Gasteiger partial charge < -0.3 is 0 Å². The van der Waals surface area contributed by atoms with Crippen LogP contribution >= 0.6 is 0 Å². The van der Waals surface area contributed by atoms with Gasteiger partial charge in [0.05, 0.1) is 0 Å². The number of fused-ring (bicyclic) bond motifs is 1. The van der Waals surface area contributed by atoms with Crippen LogP contribution in [0.25, 0.3) is 0 Å². The molecule has 3 aromatic heterocycles. The zero-order chi connectivity index (χ0) is 19.9. The number of nitrogens with one attached hydrogen (secondary N) is 1. The summed E-state index contributed by atoms with van der Waals surface area (Å²) in [5.41, 5.74) is 1.23. The van der Waals surface area contributed by atoms with Crippen LogP contribution in [0.3, 0.4) is 0 Å². The lowest BCUT2D eigenvalue weighted by molar-refractivity contribution is 1.09. The van der Waals surface area contributed by atoms with E-state index in [1.807, 2.05) is 53.8 Å². The second-order valence-corrected chi connectivity index (χ2v) is 3.56. The van der Waals surface area contributed by atoms with E-state index in [9.17, 15) is 0 Å². The van der Waals surface area contributed by atoms with Crippen molar-refractivity contribution in [3.8, 4) is 0 Å². The molecular weight excluding hydrogens is 326 g/mol. The predicted molar refractivity (Wildman–Crippen MR) is 109 cm³/mol. The molecule has 0 fully saturated rings. The highest BCUT2D eigenvalue weighted by molar-refractivity contribution is 5.73. The maximum absolute atomic E-state index is 4.06. The van der Waals surface area contributed by atoms with Gasteiger partial charge in [-0.2, -0.15) is 5.10 Å². The Morgan fingerprint density at radius 3 is 1.88 bits per heavy atom. The lowest BCUT2D eigenvalue weighted by Gasteiger charge is -1.90. The summed E-state index contributed by atoms with van der Waals surface area (Å²) in [6.45, 7) is 12.0. The highest BCUT2D eigenvalue weighted by Crippen LogP contribution is 2.18. The molecule has 0 atom stereocenters. The molecule has 0 aliphatic carbocycles. The molecule has 1 aliphatic heterocycles. The number of rotatable bonds is 0. The molecule has 26 heavy (non-hydrogen) atoms. The summed E-state index contributed by atoms with van der Waals surface area (Å²) in [6, 6.07) is 5.77. The minimum atomic E-state index is 0.887. The molecule has 0 saturated carbocycles. The molecule has 4 rings (SSSR count). The Balaban J connectivity index is 0. The van der Waals surface area contributed by atoms with Crippen molar-refractivity contribution in [1.29, 1.82) is 0 Å². The average molecular weight is 358 g/mol. The molecule has 0 bridgehead atoms. The van der Waals surface area contributed by atoms with Crippen molar-refractivity contribution in [2.75, 3.05) is 0 Å². The molecule has 0 spiro atoms. The minimum Gasteiger partial charge on any atom is -0.266 e. The summed E-state index contributed by atoms with van der Waals surface area (Å²) in [6.07, 6.45) is 12.4. The fourth-order valence-corrected chi connectivity index (χ4v) is 1.36. The highest BCUT2D eigenvalue weighted by Gasteiger charge is 2.03. The van der Waals surface area contributed by atoms with Gasteiger partial charge in [-0.25, -0.2) is 24.9 Å². The van der Waals surface area contributed by atoms with Crippen molar-refractivity contribution in [3.63, 3.8) is 0 Å². The average Bonchev–Trinajstić information content (AvgIpc) is 3.49. The van der Waals surface area contributed by atoms with Gasteiger partial charge >= 0.3 is 0 Å². The molecule has 7 nitrogen and oxygen atoms in total. The molecule has 3 aromatic rings. The fourth-order valence-electron chi connectivity index (χ4n) is 1.36. The molecule has 142 valence electrons. The van der Waals surface area contributed by atoms with E-state index in [2.05, 4.69) is 41.2 Å². The third-order valence-electron chi connectivity index (χ3n) is 2.20. The Kier molecular flexibility index (Phi) is 21.4. The summed E-state index contributed by atoms with van der Waals surface area (Å²) in [7, 11) is 0. The second-order valence-electron chi connectivity index (χ2n) is 3.56. The first-order valence-electron chi connectivity index (χ1n) is 8.92. The number of pyridine rings is 1. The van der Waals surface area contributed by atoms with Crippen LogP contribution < -0.4 is 0 Å². The van der Waals surface area contributed by atoms with Gasteiger partial charge in [0.15, 0.2) is 5.82 Å². The summed E-state index contributed by atoms with van der Waals surface area (Å²) < 4.78 is 0. The molecule has 0 amide bonds. The monoisotopic (exact) mass is 357 g/mol. The van der Waals surface area contributed by atoms with Gasteiger partial charge in [-0.3, -0.25) is 5.10 Å². The maximum atomic E-state index is 4.06. The number of aromatic nitrogens is 6. The van der Waals surface area contributed by atoms with E-state index in [1.165, 1.54) is 24.5 Å². The lowest BCUT2D eigenvalue weighted by Crippen LogP contribution is -1.78. The minimum absolute atomic E-state index is 0.887. The van der Waals surface area contributed by atoms with Crippen LogP contribution in [0.2, 0.25) is 0 Å². The molecule has 1 aliphatic rings. The topological polar surface area (TPSA) is 92.6 Å². The quantitative estimate of drug-likeness (QED) is 0.629. The van der Waals surface area contributed by atoms with E-state index in [1.54, 1.807) is 24.7 Å². The molecule has 0 saturated heterocycles. The Labute approximate surface area is 157 Å². The highest BCUT2D eigenvalue weighted by atomic mass is 15.2. The number of hydrogen-bond donors (Lipinski definition) is 1. The van der Waals surface area contributed by atoms with Gasteiger partial charge in [-0.1, -0.05) is 47.6 Å². The fraction of sp³-hybridized carbons (Fsp3) is 0.368. The Morgan fingerprint density at radius 2 is 1.50 bits per heavy atom. The largest absolute Gasteiger partial charge is 0.266 e. The molecule has 7 heteroatoms. The number of hydrogen-bond acceptors (Lipinski definition) is 6. The van der Waals surface area contributed by atoms with Gasteiger partial charge in [0.2, 0.25) is 0 Å². The molecule has 4 heterocycles. The van der Waals surface area contributed by atoms with E-state index in [-0.39, 0.29) is 0 Å². The standard InChI is InChI=1S/C7H6N2.C4H4N2.C2H3N3.3C2H6/c1-2-6-3-5-9-7(6)8-4-1;1-2-5-4-6-3-1;1-3-2-5-4-1;3*1-2/h1-2,4-5H,3H2;1-4H;1-2H,(H,3,4,5);3*1-2H3. The Hall–Kier alpha value is -2.96. The summed E-state index contributed by atoms with van der Waals surface area (Å²) >= 11 is 0. The van der Waals surface area contributed by atoms with Crippen LogP contribution in [-0.2, 0) is 6.42 Å². The van der Waals surface area contributed by atoms with E-state index in [0.29, 0.717) is 0 Å². The van der Waals surface area contributed by atoms with Crippen LogP contribution in [0.5, 0.6) is 0 Å². The van der Waals surface area contributed by atoms with Crippen molar-refractivity contribution in [2.24, 2.45) is 4.99 Å². The van der Waals surface area contributed by atoms with Crippen LogP contribution in [0.4, 0.5) is 5.82 Å². The van der Waals surface area contributed by atoms with Crippen molar-refractivity contribution in [3.05, 3.63) is 61.3 Å². The van der Waals surface area contributed by atoms with E-state index in [4.69, 9.17) is 0 Å². The molecule has 0 radical (unpaired) electrons. The molecule has 0 aromatic carbocycles. The molecule has 1 N–H and O–H groups in total. The first-order valence-corrected chi connectivity index (χ1v) is 8.92. The zero-order valence-corrected chi connectivity index (χ0v) is 16.7. The van der Waals surface area contributed by atoms with E-state index >= 15 is 0 Å². The second kappa shape index (κ2) is 22.0. The smallest absolute Gasteiger partial charge is 0.155 e. The normalized spacial score (nSPS) is 8.85. The van der Waals surface area contributed by atoms with Crippen LogP contribution in [0, 0.1) is 0 Å². The van der Waals surface area contributed by atoms with E-state index < -0.39 is 0 Å². The summed E-state index contributed by atoms with van der Waals surface area (Å²) in [4.78, 5) is 19.0. The maximum Gasteiger partial charge on any atom is 0.155 e. The van der Waals surface area contributed by atoms with Gasteiger partial charge in [0, 0.05) is 36.8 Å². The van der Waals surface area contributed by atoms with E-state index in [0.717, 1.165) is 12.2 Å². The Bertz CT molecular complexity index is 567. The number of aromatic amines is 1. The first-order chi connectivity index (χ1) is 13.0. The summed E-state index contributed by atoms with van der Waals surface area (Å²) in [5.74, 6) is 0.887. The predicted octanol–water partition coefficient (Wildman–Crippen LogP) is 4.70. The molecule has 0 unspecified atom stereocenters. The zero-order valence-electron chi connectivity index (χ0n) is 16.7. The van der Waals surface area contributed by atoms with Gasteiger partial charge in [-0.15, -0.1) is 0 Å². The lowest BCUT2D eigenvalue weighted by atomic mass is 10.2. The third-order valence-corrected chi connectivity index (χ3v) is 2.20. The van der Waals surface area contributed by atoms with Crippen LogP contribution in [-0.4, -0.2) is 36.3 Å². The number of H-pyrrole nitrogens is 1. The van der Waals surface area contributed by atoms with Crippen LogP contribution in [0.15, 0.2) is 60.8 Å². The first kappa shape index (κ1) is 25.3. The number of aliphatic imine (C=N–C) groups is 1. The SMILES string of the molecule is C1=Nc2ncccc2C1.CC.CC.CC.c1cncnc1.c1nc[nH]n1. The van der Waals surface area contributed by atoms with Crippen molar-refractivity contribution in [2.45, 2.75) is 48.0 Å². The van der Waals surface area contributed by atoms with Gasteiger partial charge in [0.1, 0.15) is 19.0 Å². The van der Waals surface area contributed by atoms with Crippen molar-refractivity contribution in [1.82, 2.24) is 30.1 Å². The van der Waals surface area contributed by atoms with Crippen molar-refractivity contribution >= 4 is 12.0 Å². The molecular formula is C19H31N7. The van der Waals surface area contributed by atoms with Crippen molar-refractivity contribution < 1.29 is 0 Å². The van der Waals surface area contributed by atoms with Gasteiger partial charge in [0.25, 0.3) is 0 Å². The van der Waals surface area contributed by atoms with Crippen LogP contribution in [0.1, 0.15) is 47.1 Å².